The Bertz CT molecular complexity index is 1150. The number of carbonyl (C=O) groups is 1. The first kappa shape index (κ1) is 20.6. The van der Waals surface area contributed by atoms with Gasteiger partial charge in [-0.15, -0.1) is 5.10 Å². The summed E-state index contributed by atoms with van der Waals surface area (Å²) in [6.07, 6.45) is 2.90. The largest absolute Gasteiger partial charge is 0.378 e. The van der Waals surface area contributed by atoms with Crippen LogP contribution in [0, 0.1) is 11.3 Å². The highest BCUT2D eigenvalue weighted by atomic mass is 35.5. The quantitative estimate of drug-likeness (QED) is 0.489. The zero-order valence-corrected chi connectivity index (χ0v) is 17.3. The fourth-order valence-corrected chi connectivity index (χ4v) is 3.37. The van der Waals surface area contributed by atoms with Crippen molar-refractivity contribution in [1.82, 2.24) is 15.0 Å². The van der Waals surface area contributed by atoms with Gasteiger partial charge in [0.2, 0.25) is 0 Å². The number of rotatable bonds is 5. The molecule has 1 aliphatic rings. The van der Waals surface area contributed by atoms with Gasteiger partial charge in [0.25, 0.3) is 5.91 Å². The van der Waals surface area contributed by atoms with Crippen LogP contribution in [0.5, 0.6) is 0 Å². The van der Waals surface area contributed by atoms with Crippen molar-refractivity contribution in [3.05, 3.63) is 71.0 Å². The Morgan fingerprint density at radius 3 is 2.71 bits per heavy atom. The van der Waals surface area contributed by atoms with Crippen molar-refractivity contribution in [1.29, 1.82) is 5.26 Å². The molecule has 0 saturated carbocycles. The van der Waals surface area contributed by atoms with Crippen LogP contribution in [0.3, 0.4) is 0 Å². The lowest BCUT2D eigenvalue weighted by Gasteiger charge is -2.30. The smallest absolute Gasteiger partial charge is 0.266 e. The lowest BCUT2D eigenvalue weighted by Crippen LogP contribution is -2.36. The monoisotopic (exact) mass is 434 g/mol. The maximum absolute atomic E-state index is 12.8. The molecule has 1 fully saturated rings. The summed E-state index contributed by atoms with van der Waals surface area (Å²) in [5, 5.41) is 21.3. The summed E-state index contributed by atoms with van der Waals surface area (Å²) in [4.78, 5) is 16.4. The van der Waals surface area contributed by atoms with E-state index in [2.05, 4.69) is 20.4 Å². The lowest BCUT2D eigenvalue weighted by molar-refractivity contribution is -0.112. The van der Waals surface area contributed by atoms with Crippen LogP contribution in [0.25, 0.3) is 11.8 Å². The fourth-order valence-electron chi connectivity index (χ4n) is 3.20. The Hall–Kier alpha value is -3.67. The summed E-state index contributed by atoms with van der Waals surface area (Å²) in [5.74, 6) is -0.548. The number of nitriles is 1. The highest BCUT2D eigenvalue weighted by Gasteiger charge is 2.18. The Morgan fingerprint density at radius 1 is 1.19 bits per heavy atom. The van der Waals surface area contributed by atoms with E-state index < -0.39 is 5.91 Å². The van der Waals surface area contributed by atoms with Gasteiger partial charge in [-0.2, -0.15) is 15.2 Å². The predicted molar refractivity (Wildman–Crippen MR) is 118 cm³/mol. The topological polar surface area (TPSA) is 96.1 Å². The molecule has 31 heavy (non-hydrogen) atoms. The Morgan fingerprint density at radius 2 is 1.97 bits per heavy atom. The SMILES string of the molecule is N#CC(=Cc1cnn(-c2ccccc2)n1)C(=O)Nc1cc(Cl)ccc1N1CCOCC1. The highest BCUT2D eigenvalue weighted by molar-refractivity contribution is 6.31. The van der Waals surface area contributed by atoms with Gasteiger partial charge in [0.05, 0.1) is 36.5 Å². The third kappa shape index (κ3) is 4.91. The molecule has 8 nitrogen and oxygen atoms in total. The van der Waals surface area contributed by atoms with Gasteiger partial charge >= 0.3 is 0 Å². The van der Waals surface area contributed by atoms with E-state index in [1.54, 1.807) is 12.1 Å². The number of hydrogen-bond acceptors (Lipinski definition) is 6. The molecule has 1 amide bonds. The number of nitrogens with one attached hydrogen (secondary N) is 1. The molecule has 2 heterocycles. The van der Waals surface area contributed by atoms with Crippen molar-refractivity contribution >= 4 is 35.0 Å². The van der Waals surface area contributed by atoms with E-state index in [9.17, 15) is 10.1 Å². The van der Waals surface area contributed by atoms with Crippen molar-refractivity contribution in [2.24, 2.45) is 0 Å². The van der Waals surface area contributed by atoms with Crippen LogP contribution in [0.2, 0.25) is 5.02 Å². The van der Waals surface area contributed by atoms with Crippen LogP contribution < -0.4 is 10.2 Å². The molecule has 156 valence electrons. The number of nitrogens with zero attached hydrogens (tertiary/aromatic N) is 5. The van der Waals surface area contributed by atoms with E-state index >= 15 is 0 Å². The minimum Gasteiger partial charge on any atom is -0.378 e. The summed E-state index contributed by atoms with van der Waals surface area (Å²) >= 11 is 6.15. The number of morpholine rings is 1. The standard InChI is InChI=1S/C22H19ClN6O2/c23-17-6-7-21(28-8-10-31-11-9-28)20(13-17)26-22(30)16(14-24)12-18-15-25-29(27-18)19-4-2-1-3-5-19/h1-7,12-13,15H,8-11H2,(H,26,30). The minimum absolute atomic E-state index is 0.0898. The Kier molecular flexibility index (Phi) is 6.26. The summed E-state index contributed by atoms with van der Waals surface area (Å²) in [5.41, 5.74) is 2.45. The van der Waals surface area contributed by atoms with Crippen LogP contribution >= 0.6 is 11.6 Å². The van der Waals surface area contributed by atoms with E-state index in [0.717, 1.165) is 11.4 Å². The summed E-state index contributed by atoms with van der Waals surface area (Å²) in [7, 11) is 0. The average Bonchev–Trinajstić information content (AvgIpc) is 3.27. The molecular weight excluding hydrogens is 416 g/mol. The maximum atomic E-state index is 12.8. The number of ether oxygens (including phenoxy) is 1. The molecule has 0 spiro atoms. The maximum Gasteiger partial charge on any atom is 0.266 e. The summed E-state index contributed by atoms with van der Waals surface area (Å²) in [6.45, 7) is 2.62. The first-order valence-electron chi connectivity index (χ1n) is 9.67. The van der Waals surface area contributed by atoms with Crippen LogP contribution in [0.15, 0.2) is 60.3 Å². The molecule has 0 atom stereocenters. The van der Waals surface area contributed by atoms with Crippen LogP contribution in [-0.4, -0.2) is 47.2 Å². The number of aromatic nitrogens is 3. The number of carbonyl (C=O) groups excluding carboxylic acids is 1. The summed E-state index contributed by atoms with van der Waals surface area (Å²) in [6, 6.07) is 16.6. The number of hydrogen-bond donors (Lipinski definition) is 1. The molecule has 1 N–H and O–H groups in total. The molecule has 1 saturated heterocycles. The average molecular weight is 435 g/mol. The van der Waals surface area contributed by atoms with Gasteiger partial charge in [0, 0.05) is 18.1 Å². The van der Waals surface area contributed by atoms with Crippen molar-refractivity contribution in [3.63, 3.8) is 0 Å². The van der Waals surface area contributed by atoms with Gasteiger partial charge in [-0.25, -0.2) is 0 Å². The molecule has 3 aromatic rings. The first-order chi connectivity index (χ1) is 15.1. The van der Waals surface area contributed by atoms with E-state index in [0.29, 0.717) is 42.7 Å². The number of para-hydroxylation sites is 1. The third-order valence-electron chi connectivity index (χ3n) is 4.71. The minimum atomic E-state index is -0.548. The molecule has 0 unspecified atom stereocenters. The highest BCUT2D eigenvalue weighted by Crippen LogP contribution is 2.30. The van der Waals surface area contributed by atoms with Crippen molar-refractivity contribution in [3.8, 4) is 11.8 Å². The zero-order chi connectivity index (χ0) is 21.6. The van der Waals surface area contributed by atoms with Gasteiger partial charge in [0.15, 0.2) is 0 Å². The van der Waals surface area contributed by atoms with Gasteiger partial charge < -0.3 is 15.0 Å². The number of anilines is 2. The van der Waals surface area contributed by atoms with Crippen molar-refractivity contribution in [2.75, 3.05) is 36.5 Å². The lowest BCUT2D eigenvalue weighted by atomic mass is 10.2. The van der Waals surface area contributed by atoms with Gasteiger partial charge in [0.1, 0.15) is 17.3 Å². The number of amides is 1. The van der Waals surface area contributed by atoms with Crippen LogP contribution in [0.1, 0.15) is 5.69 Å². The fraction of sp³-hybridized carbons (Fsp3) is 0.182. The molecule has 1 aromatic heterocycles. The van der Waals surface area contributed by atoms with Crippen molar-refractivity contribution < 1.29 is 9.53 Å². The number of halogens is 1. The Balaban J connectivity index is 1.56. The molecule has 0 bridgehead atoms. The first-order valence-corrected chi connectivity index (χ1v) is 10.0. The molecule has 0 radical (unpaired) electrons. The molecule has 0 aliphatic carbocycles. The van der Waals surface area contributed by atoms with Crippen molar-refractivity contribution in [2.45, 2.75) is 0 Å². The van der Waals surface area contributed by atoms with E-state index in [1.807, 2.05) is 42.5 Å². The molecule has 1 aliphatic heterocycles. The van der Waals surface area contributed by atoms with E-state index in [1.165, 1.54) is 17.1 Å². The normalized spacial score (nSPS) is 14.2. The van der Waals surface area contributed by atoms with E-state index in [-0.39, 0.29) is 5.57 Å². The molecular formula is C22H19ClN6O2. The number of benzene rings is 2. The second kappa shape index (κ2) is 9.43. The van der Waals surface area contributed by atoms with Crippen LogP contribution in [-0.2, 0) is 9.53 Å². The van der Waals surface area contributed by atoms with Gasteiger partial charge in [-0.05, 0) is 36.4 Å². The second-order valence-corrected chi connectivity index (χ2v) is 7.22. The van der Waals surface area contributed by atoms with E-state index in [4.69, 9.17) is 16.3 Å². The predicted octanol–water partition coefficient (Wildman–Crippen LogP) is 3.30. The van der Waals surface area contributed by atoms with Gasteiger partial charge in [-0.3, -0.25) is 4.79 Å². The molecule has 2 aromatic carbocycles. The zero-order valence-electron chi connectivity index (χ0n) is 16.5. The van der Waals surface area contributed by atoms with Crippen LogP contribution in [0.4, 0.5) is 11.4 Å². The van der Waals surface area contributed by atoms with Gasteiger partial charge in [-0.1, -0.05) is 29.8 Å². The molecule has 9 heteroatoms. The third-order valence-corrected chi connectivity index (χ3v) is 4.95. The summed E-state index contributed by atoms with van der Waals surface area (Å²) < 4.78 is 5.40. The second-order valence-electron chi connectivity index (χ2n) is 6.78. The molecule has 4 rings (SSSR count). The Labute approximate surface area is 184 Å².